The number of aliphatic hydroxyl groups excluding tert-OH is 2. The number of allylic oxidation sites excluding steroid dienone is 2. The lowest BCUT2D eigenvalue weighted by atomic mass is 10.0. The Morgan fingerprint density at radius 2 is 0.828 bits per heavy atom. The lowest BCUT2D eigenvalue weighted by Gasteiger charge is -2.24. The van der Waals surface area contributed by atoms with Gasteiger partial charge in [-0.25, -0.2) is 0 Å². The van der Waals surface area contributed by atoms with Crippen LogP contribution in [-0.2, 0) is 14.3 Å². The zero-order valence-electron chi connectivity index (χ0n) is 39.2. The second kappa shape index (κ2) is 46.7. The molecular formula is C52H101NO5. The molecule has 0 spiro atoms. The number of hydrogen-bond acceptors (Lipinski definition) is 5. The first-order chi connectivity index (χ1) is 28.5. The number of ether oxygens (including phenoxy) is 1. The Hall–Kier alpha value is -1.40. The van der Waals surface area contributed by atoms with Gasteiger partial charge in [0.1, 0.15) is 6.10 Å². The molecule has 0 aromatic rings. The minimum Gasteiger partial charge on any atom is -0.462 e. The summed E-state index contributed by atoms with van der Waals surface area (Å²) in [6.45, 7) is 6.49. The van der Waals surface area contributed by atoms with Crippen LogP contribution in [0.15, 0.2) is 12.2 Å². The summed E-state index contributed by atoms with van der Waals surface area (Å²) in [5.41, 5.74) is 0. The van der Waals surface area contributed by atoms with E-state index in [0.29, 0.717) is 19.3 Å². The molecule has 0 aliphatic heterocycles. The fourth-order valence-electron chi connectivity index (χ4n) is 8.13. The van der Waals surface area contributed by atoms with Gasteiger partial charge >= 0.3 is 5.97 Å². The van der Waals surface area contributed by atoms with Crippen molar-refractivity contribution in [1.82, 2.24) is 5.32 Å². The molecule has 0 saturated carbocycles. The van der Waals surface area contributed by atoms with E-state index in [9.17, 15) is 19.8 Å². The molecule has 3 N–H and O–H groups in total. The summed E-state index contributed by atoms with van der Waals surface area (Å²) >= 11 is 0. The Bertz CT molecular complexity index is 878. The molecule has 0 bridgehead atoms. The van der Waals surface area contributed by atoms with Crippen LogP contribution in [0.3, 0.4) is 0 Å². The highest BCUT2D eigenvalue weighted by Crippen LogP contribution is 2.18. The fraction of sp³-hybridized carbons (Fsp3) is 0.923. The summed E-state index contributed by atoms with van der Waals surface area (Å²) in [5.74, 6) is -0.473. The number of carbonyl (C=O) groups excluding carboxylic acids is 2. The van der Waals surface area contributed by atoms with Gasteiger partial charge in [-0.05, 0) is 51.4 Å². The van der Waals surface area contributed by atoms with Gasteiger partial charge < -0.3 is 20.3 Å². The van der Waals surface area contributed by atoms with Crippen LogP contribution in [0.4, 0.5) is 0 Å². The summed E-state index contributed by atoms with van der Waals surface area (Å²) < 4.78 is 5.93. The number of carbonyl (C=O) groups is 2. The van der Waals surface area contributed by atoms with Crippen LogP contribution in [0.5, 0.6) is 0 Å². The fourth-order valence-corrected chi connectivity index (χ4v) is 8.13. The second-order valence-corrected chi connectivity index (χ2v) is 17.9. The predicted octanol–water partition coefficient (Wildman–Crippen LogP) is 15.3. The third-order valence-corrected chi connectivity index (χ3v) is 12.1. The van der Waals surface area contributed by atoms with Crippen molar-refractivity contribution in [2.45, 2.75) is 302 Å². The Morgan fingerprint density at radius 1 is 0.483 bits per heavy atom. The highest BCUT2D eigenvalue weighted by Gasteiger charge is 2.24. The van der Waals surface area contributed by atoms with Gasteiger partial charge in [0.15, 0.2) is 0 Å². The number of aliphatic hydroxyl groups is 2. The maximum absolute atomic E-state index is 13.2. The van der Waals surface area contributed by atoms with E-state index in [2.05, 4.69) is 38.2 Å². The van der Waals surface area contributed by atoms with Crippen molar-refractivity contribution in [3.8, 4) is 0 Å². The van der Waals surface area contributed by atoms with E-state index in [4.69, 9.17) is 4.74 Å². The van der Waals surface area contributed by atoms with Crippen LogP contribution in [0.2, 0.25) is 0 Å². The Morgan fingerprint density at radius 3 is 1.24 bits per heavy atom. The Balaban J connectivity index is 4.57. The van der Waals surface area contributed by atoms with Gasteiger partial charge in [-0.15, -0.1) is 0 Å². The topological polar surface area (TPSA) is 95.9 Å². The molecule has 0 rings (SSSR count). The molecule has 6 nitrogen and oxygen atoms in total. The van der Waals surface area contributed by atoms with Gasteiger partial charge in [0.25, 0.3) is 0 Å². The summed E-state index contributed by atoms with van der Waals surface area (Å²) in [6.07, 6.45) is 51.3. The maximum Gasteiger partial charge on any atom is 0.306 e. The lowest BCUT2D eigenvalue weighted by Crippen LogP contribution is -2.46. The Labute approximate surface area is 361 Å². The van der Waals surface area contributed by atoms with E-state index in [1.54, 1.807) is 0 Å². The zero-order valence-corrected chi connectivity index (χ0v) is 39.2. The number of nitrogens with one attached hydrogen (secondary N) is 1. The Kier molecular flexibility index (Phi) is 45.5. The minimum absolute atomic E-state index is 0.0739. The molecular weight excluding hydrogens is 719 g/mol. The second-order valence-electron chi connectivity index (χ2n) is 17.9. The standard InChI is InChI=1S/C52H101NO5/c1-4-7-10-13-16-19-22-24-25-26-27-29-31-34-37-40-43-48(58-52(57)45-42-39-36-33-30-23-20-17-14-11-8-5-2)46-51(56)53-49(47-54)50(55)44-41-38-35-32-28-21-18-15-12-9-6-3/h27,29,48-50,54-55H,4-26,28,30-47H2,1-3H3,(H,53,56)/b29-27+. The van der Waals surface area contributed by atoms with Gasteiger partial charge in [0.05, 0.1) is 25.2 Å². The van der Waals surface area contributed by atoms with Crippen LogP contribution in [0.1, 0.15) is 284 Å². The third kappa shape index (κ3) is 41.3. The highest BCUT2D eigenvalue weighted by atomic mass is 16.5. The number of amides is 1. The van der Waals surface area contributed by atoms with E-state index >= 15 is 0 Å². The van der Waals surface area contributed by atoms with Crippen LogP contribution in [-0.4, -0.2) is 46.9 Å². The molecule has 0 aromatic heterocycles. The van der Waals surface area contributed by atoms with Gasteiger partial charge in [-0.2, -0.15) is 0 Å². The van der Waals surface area contributed by atoms with Crippen molar-refractivity contribution in [3.63, 3.8) is 0 Å². The van der Waals surface area contributed by atoms with Gasteiger partial charge in [-0.3, -0.25) is 9.59 Å². The zero-order chi connectivity index (χ0) is 42.4. The van der Waals surface area contributed by atoms with Crippen LogP contribution in [0, 0.1) is 0 Å². The number of esters is 1. The molecule has 3 atom stereocenters. The molecule has 0 aliphatic carbocycles. The van der Waals surface area contributed by atoms with Crippen molar-refractivity contribution < 1.29 is 24.5 Å². The van der Waals surface area contributed by atoms with Crippen LogP contribution in [0.25, 0.3) is 0 Å². The van der Waals surface area contributed by atoms with E-state index in [0.717, 1.165) is 57.8 Å². The molecule has 0 heterocycles. The predicted molar refractivity (Wildman–Crippen MR) is 250 cm³/mol. The first-order valence-electron chi connectivity index (χ1n) is 25.9. The van der Waals surface area contributed by atoms with Gasteiger partial charge in [-0.1, -0.05) is 232 Å². The SMILES string of the molecule is CCCCCCCCCCC/C=C/CCCCCC(CC(=O)NC(CO)C(O)CCCCCCCCCCCCC)OC(=O)CCCCCCCCCCCCCC. The minimum atomic E-state index is -0.785. The molecule has 0 saturated heterocycles. The van der Waals surface area contributed by atoms with Crippen molar-refractivity contribution in [3.05, 3.63) is 12.2 Å². The van der Waals surface area contributed by atoms with E-state index < -0.39 is 18.2 Å². The summed E-state index contributed by atoms with van der Waals surface area (Å²) in [4.78, 5) is 26.1. The van der Waals surface area contributed by atoms with E-state index in [1.165, 1.54) is 180 Å². The molecule has 0 fully saturated rings. The van der Waals surface area contributed by atoms with E-state index in [1.807, 2.05) is 0 Å². The normalized spacial score (nSPS) is 13.3. The highest BCUT2D eigenvalue weighted by molar-refractivity contribution is 5.77. The van der Waals surface area contributed by atoms with Crippen LogP contribution < -0.4 is 5.32 Å². The first-order valence-corrected chi connectivity index (χ1v) is 25.9. The lowest BCUT2D eigenvalue weighted by molar-refractivity contribution is -0.151. The third-order valence-electron chi connectivity index (χ3n) is 12.1. The average Bonchev–Trinajstić information content (AvgIpc) is 3.22. The molecule has 0 aromatic carbocycles. The van der Waals surface area contributed by atoms with Crippen LogP contribution >= 0.6 is 0 Å². The first kappa shape index (κ1) is 56.6. The number of hydrogen-bond donors (Lipinski definition) is 3. The summed E-state index contributed by atoms with van der Waals surface area (Å²) in [6, 6.07) is -0.699. The van der Waals surface area contributed by atoms with Gasteiger partial charge in [0.2, 0.25) is 5.91 Å². The molecule has 0 aliphatic rings. The maximum atomic E-state index is 13.2. The quantitative estimate of drug-likeness (QED) is 0.0323. The smallest absolute Gasteiger partial charge is 0.306 e. The molecule has 3 unspecified atom stereocenters. The largest absolute Gasteiger partial charge is 0.462 e. The monoisotopic (exact) mass is 820 g/mol. The van der Waals surface area contributed by atoms with E-state index in [-0.39, 0.29) is 24.9 Å². The molecule has 344 valence electrons. The van der Waals surface area contributed by atoms with Crippen molar-refractivity contribution in [2.75, 3.05) is 6.61 Å². The summed E-state index contributed by atoms with van der Waals surface area (Å²) in [7, 11) is 0. The average molecular weight is 820 g/mol. The van der Waals surface area contributed by atoms with Gasteiger partial charge in [0, 0.05) is 6.42 Å². The number of unbranched alkanes of at least 4 members (excludes halogenated alkanes) is 33. The molecule has 0 radical (unpaired) electrons. The number of rotatable bonds is 47. The summed E-state index contributed by atoms with van der Waals surface area (Å²) in [5, 5.41) is 23.7. The van der Waals surface area contributed by atoms with Crippen molar-refractivity contribution in [1.29, 1.82) is 0 Å². The molecule has 1 amide bonds. The van der Waals surface area contributed by atoms with Crippen molar-refractivity contribution >= 4 is 11.9 Å². The molecule has 6 heteroatoms. The van der Waals surface area contributed by atoms with Crippen molar-refractivity contribution in [2.24, 2.45) is 0 Å². The molecule has 58 heavy (non-hydrogen) atoms.